The number of fused-ring (bicyclic) bond motifs is 1. The van der Waals surface area contributed by atoms with Crippen LogP contribution < -0.4 is 0 Å². The van der Waals surface area contributed by atoms with E-state index in [9.17, 15) is 4.79 Å². The molecule has 0 fully saturated rings. The van der Waals surface area contributed by atoms with Gasteiger partial charge in [-0.05, 0) is 49.1 Å². The number of pyridine rings is 1. The topological polar surface area (TPSA) is 54.3 Å². The highest BCUT2D eigenvalue weighted by Crippen LogP contribution is 2.28. The second-order valence-electron chi connectivity index (χ2n) is 8.36. The zero-order valence-electron chi connectivity index (χ0n) is 18.7. The standard InChI is InChI=1S/C25H31N5O/c1-4-30(18-20-12-14-26-15-13-20)21-10-11-23-22(16-21)24(27-29(23)3)25(31)28(2)17-19-8-6-5-7-9-19/h5-9,12-15,21H,4,10-11,16-18H2,1-3H3. The molecule has 31 heavy (non-hydrogen) atoms. The van der Waals surface area contributed by atoms with Crippen LogP contribution in [-0.4, -0.2) is 50.1 Å². The molecule has 162 valence electrons. The average Bonchev–Trinajstić information content (AvgIpc) is 3.14. The van der Waals surface area contributed by atoms with Gasteiger partial charge < -0.3 is 4.90 Å². The quantitative estimate of drug-likeness (QED) is 0.591. The van der Waals surface area contributed by atoms with Crippen molar-refractivity contribution in [2.75, 3.05) is 13.6 Å². The van der Waals surface area contributed by atoms with Crippen molar-refractivity contribution < 1.29 is 4.79 Å². The molecule has 1 aliphatic carbocycles. The van der Waals surface area contributed by atoms with Gasteiger partial charge in [-0.2, -0.15) is 5.10 Å². The number of nitrogens with zero attached hydrogens (tertiary/aromatic N) is 5. The van der Waals surface area contributed by atoms with Gasteiger partial charge in [0.25, 0.3) is 5.91 Å². The highest BCUT2D eigenvalue weighted by molar-refractivity contribution is 5.94. The van der Waals surface area contributed by atoms with Crippen molar-refractivity contribution in [3.05, 3.63) is 82.9 Å². The Morgan fingerprint density at radius 3 is 2.52 bits per heavy atom. The Kier molecular flexibility index (Phi) is 6.47. The van der Waals surface area contributed by atoms with E-state index < -0.39 is 0 Å². The van der Waals surface area contributed by atoms with Crippen LogP contribution in [0.3, 0.4) is 0 Å². The molecule has 3 aromatic rings. The lowest BCUT2D eigenvalue weighted by molar-refractivity contribution is 0.0776. The van der Waals surface area contributed by atoms with Crippen molar-refractivity contribution in [2.24, 2.45) is 7.05 Å². The molecule has 2 heterocycles. The predicted octanol–water partition coefficient (Wildman–Crippen LogP) is 3.47. The van der Waals surface area contributed by atoms with Gasteiger partial charge in [-0.3, -0.25) is 19.4 Å². The Bertz CT molecular complexity index is 1020. The van der Waals surface area contributed by atoms with E-state index in [0.717, 1.165) is 43.5 Å². The van der Waals surface area contributed by atoms with Crippen molar-refractivity contribution in [3.8, 4) is 0 Å². The fourth-order valence-electron chi connectivity index (χ4n) is 4.59. The summed E-state index contributed by atoms with van der Waals surface area (Å²) in [4.78, 5) is 21.7. The number of carbonyl (C=O) groups excluding carboxylic acids is 1. The summed E-state index contributed by atoms with van der Waals surface area (Å²) < 4.78 is 1.91. The summed E-state index contributed by atoms with van der Waals surface area (Å²) in [6, 6.07) is 14.7. The number of carbonyl (C=O) groups is 1. The van der Waals surface area contributed by atoms with Crippen LogP contribution in [0.5, 0.6) is 0 Å². The van der Waals surface area contributed by atoms with Crippen molar-refractivity contribution in [2.45, 2.75) is 45.3 Å². The van der Waals surface area contributed by atoms with Gasteiger partial charge in [0.1, 0.15) is 0 Å². The molecular weight excluding hydrogens is 386 g/mol. The molecule has 6 heteroatoms. The first kappa shape index (κ1) is 21.2. The minimum atomic E-state index is -0.00136. The lowest BCUT2D eigenvalue weighted by atomic mass is 9.89. The Morgan fingerprint density at radius 1 is 1.10 bits per heavy atom. The van der Waals surface area contributed by atoms with Crippen LogP contribution in [0.1, 0.15) is 46.2 Å². The highest BCUT2D eigenvalue weighted by Gasteiger charge is 2.31. The van der Waals surface area contributed by atoms with E-state index >= 15 is 0 Å². The normalized spacial score (nSPS) is 15.7. The smallest absolute Gasteiger partial charge is 0.274 e. The van der Waals surface area contributed by atoms with E-state index in [1.807, 2.05) is 61.5 Å². The second kappa shape index (κ2) is 9.43. The minimum Gasteiger partial charge on any atom is -0.336 e. The maximum Gasteiger partial charge on any atom is 0.274 e. The van der Waals surface area contributed by atoms with Gasteiger partial charge in [-0.25, -0.2) is 0 Å². The summed E-state index contributed by atoms with van der Waals surface area (Å²) in [6.07, 6.45) is 6.60. The molecule has 1 atom stereocenters. The van der Waals surface area contributed by atoms with E-state index in [-0.39, 0.29) is 5.91 Å². The van der Waals surface area contributed by atoms with Crippen molar-refractivity contribution in [1.82, 2.24) is 24.6 Å². The summed E-state index contributed by atoms with van der Waals surface area (Å²) >= 11 is 0. The molecule has 1 aliphatic rings. The molecule has 6 nitrogen and oxygen atoms in total. The Hall–Kier alpha value is -2.99. The number of hydrogen-bond donors (Lipinski definition) is 0. The third-order valence-electron chi connectivity index (χ3n) is 6.30. The van der Waals surface area contributed by atoms with E-state index in [1.165, 1.54) is 11.3 Å². The largest absolute Gasteiger partial charge is 0.336 e. The number of benzene rings is 1. The first-order valence-corrected chi connectivity index (χ1v) is 11.0. The molecule has 2 aromatic heterocycles. The first-order valence-electron chi connectivity index (χ1n) is 11.0. The lowest BCUT2D eigenvalue weighted by Gasteiger charge is -2.34. The molecule has 0 bridgehead atoms. The molecule has 1 amide bonds. The Labute approximate surface area is 184 Å². The molecular formula is C25H31N5O. The fourth-order valence-corrected chi connectivity index (χ4v) is 4.59. The predicted molar refractivity (Wildman–Crippen MR) is 122 cm³/mol. The molecule has 4 rings (SSSR count). The molecule has 0 N–H and O–H groups in total. The highest BCUT2D eigenvalue weighted by atomic mass is 16.2. The molecule has 0 aliphatic heterocycles. The van der Waals surface area contributed by atoms with E-state index in [1.54, 1.807) is 4.90 Å². The van der Waals surface area contributed by atoms with E-state index in [2.05, 4.69) is 34.0 Å². The van der Waals surface area contributed by atoms with E-state index in [4.69, 9.17) is 0 Å². The zero-order chi connectivity index (χ0) is 21.8. The third kappa shape index (κ3) is 4.69. The summed E-state index contributed by atoms with van der Waals surface area (Å²) in [5.41, 5.74) is 5.33. The summed E-state index contributed by atoms with van der Waals surface area (Å²) in [5, 5.41) is 4.66. The van der Waals surface area contributed by atoms with Crippen molar-refractivity contribution in [3.63, 3.8) is 0 Å². The van der Waals surface area contributed by atoms with E-state index in [0.29, 0.717) is 18.3 Å². The van der Waals surface area contributed by atoms with Crippen LogP contribution in [-0.2, 0) is 33.0 Å². The average molecular weight is 418 g/mol. The van der Waals surface area contributed by atoms with Gasteiger partial charge in [0, 0.05) is 56.9 Å². The molecule has 0 radical (unpaired) electrons. The van der Waals surface area contributed by atoms with Crippen molar-refractivity contribution >= 4 is 5.91 Å². The first-order chi connectivity index (χ1) is 15.1. The zero-order valence-corrected chi connectivity index (χ0v) is 18.7. The molecule has 1 aromatic carbocycles. The van der Waals surface area contributed by atoms with Crippen LogP contribution in [0.4, 0.5) is 0 Å². The maximum atomic E-state index is 13.3. The molecule has 0 saturated heterocycles. The SMILES string of the molecule is CCN(Cc1ccncc1)C1CCc2c(c(C(=O)N(C)Cc3ccccc3)nn2C)C1. The fraction of sp³-hybridized carbons (Fsp3) is 0.400. The maximum absolute atomic E-state index is 13.3. The molecule has 1 unspecified atom stereocenters. The Balaban J connectivity index is 1.52. The monoisotopic (exact) mass is 417 g/mol. The van der Waals surface area contributed by atoms with Gasteiger partial charge in [0.2, 0.25) is 0 Å². The summed E-state index contributed by atoms with van der Waals surface area (Å²) in [6.45, 7) is 4.66. The molecule has 0 saturated carbocycles. The van der Waals surface area contributed by atoms with Gasteiger partial charge >= 0.3 is 0 Å². The van der Waals surface area contributed by atoms with Gasteiger partial charge in [0.05, 0.1) is 0 Å². The molecule has 0 spiro atoms. The second-order valence-corrected chi connectivity index (χ2v) is 8.36. The summed E-state index contributed by atoms with van der Waals surface area (Å²) in [5.74, 6) is -0.00136. The van der Waals surface area contributed by atoms with Gasteiger partial charge in [0.15, 0.2) is 5.69 Å². The van der Waals surface area contributed by atoms with Crippen molar-refractivity contribution in [1.29, 1.82) is 0 Å². The summed E-state index contributed by atoms with van der Waals surface area (Å²) in [7, 11) is 3.82. The number of aryl methyl sites for hydroxylation is 1. The number of amides is 1. The third-order valence-corrected chi connectivity index (χ3v) is 6.30. The number of rotatable bonds is 7. The van der Waals surface area contributed by atoms with Crippen LogP contribution in [0.15, 0.2) is 54.9 Å². The Morgan fingerprint density at radius 2 is 1.81 bits per heavy atom. The van der Waals surface area contributed by atoms with Crippen LogP contribution in [0.2, 0.25) is 0 Å². The number of hydrogen-bond acceptors (Lipinski definition) is 4. The number of likely N-dealkylation sites (N-methyl/N-ethyl adjacent to an activating group) is 1. The van der Waals surface area contributed by atoms with Crippen LogP contribution in [0.25, 0.3) is 0 Å². The van der Waals surface area contributed by atoms with Crippen LogP contribution in [0, 0.1) is 0 Å². The van der Waals surface area contributed by atoms with Crippen LogP contribution >= 0.6 is 0 Å². The lowest BCUT2D eigenvalue weighted by Crippen LogP contribution is -2.39. The van der Waals surface area contributed by atoms with Gasteiger partial charge in [-0.1, -0.05) is 37.3 Å². The van der Waals surface area contributed by atoms with Gasteiger partial charge in [-0.15, -0.1) is 0 Å². The number of aromatic nitrogens is 3. The minimum absolute atomic E-state index is 0.00136.